The molecular formula is C18H19N3O2. The molecule has 0 aliphatic carbocycles. The number of pyridine rings is 1. The lowest BCUT2D eigenvalue weighted by atomic mass is 9.92. The van der Waals surface area contributed by atoms with Crippen molar-refractivity contribution < 1.29 is 5.11 Å². The molecule has 2 heterocycles. The van der Waals surface area contributed by atoms with E-state index in [9.17, 15) is 10.0 Å². The van der Waals surface area contributed by atoms with Crippen molar-refractivity contribution in [3.05, 3.63) is 57.1 Å². The van der Waals surface area contributed by atoms with Crippen LogP contribution >= 0.6 is 0 Å². The van der Waals surface area contributed by atoms with Gasteiger partial charge in [-0.15, -0.1) is 4.91 Å². The summed E-state index contributed by atoms with van der Waals surface area (Å²) < 4.78 is 1.64. The van der Waals surface area contributed by atoms with E-state index >= 15 is 0 Å². The lowest BCUT2D eigenvalue weighted by Crippen LogP contribution is -1.95. The van der Waals surface area contributed by atoms with Crippen LogP contribution < -0.4 is 0 Å². The number of aryl methyl sites for hydroxylation is 2. The van der Waals surface area contributed by atoms with E-state index in [0.29, 0.717) is 16.9 Å². The molecule has 5 heteroatoms. The molecule has 3 rings (SSSR count). The van der Waals surface area contributed by atoms with E-state index in [1.54, 1.807) is 22.7 Å². The lowest BCUT2D eigenvalue weighted by molar-refractivity contribution is 0.281. The molecule has 118 valence electrons. The van der Waals surface area contributed by atoms with E-state index in [1.807, 2.05) is 13.8 Å². The highest BCUT2D eigenvalue weighted by atomic mass is 16.3. The van der Waals surface area contributed by atoms with Gasteiger partial charge in [-0.1, -0.05) is 12.1 Å². The fourth-order valence-electron chi connectivity index (χ4n) is 3.00. The van der Waals surface area contributed by atoms with Gasteiger partial charge in [0.1, 0.15) is 11.3 Å². The molecule has 0 saturated carbocycles. The molecule has 0 atom stereocenters. The van der Waals surface area contributed by atoms with Crippen molar-refractivity contribution in [2.45, 2.75) is 34.3 Å². The van der Waals surface area contributed by atoms with E-state index < -0.39 is 0 Å². The van der Waals surface area contributed by atoms with Crippen LogP contribution in [0, 0.1) is 32.6 Å². The lowest BCUT2D eigenvalue weighted by Gasteiger charge is -2.13. The van der Waals surface area contributed by atoms with Crippen LogP contribution in [0.1, 0.15) is 27.8 Å². The second-order valence-corrected chi connectivity index (χ2v) is 5.93. The van der Waals surface area contributed by atoms with Crippen molar-refractivity contribution in [2.24, 2.45) is 5.18 Å². The van der Waals surface area contributed by atoms with Crippen LogP contribution in [0.3, 0.4) is 0 Å². The molecule has 0 saturated heterocycles. The molecule has 5 nitrogen and oxygen atoms in total. The molecule has 3 aromatic rings. The zero-order valence-electron chi connectivity index (χ0n) is 13.7. The van der Waals surface area contributed by atoms with E-state index in [0.717, 1.165) is 27.8 Å². The van der Waals surface area contributed by atoms with Gasteiger partial charge in [-0.25, -0.2) is 4.98 Å². The second-order valence-electron chi connectivity index (χ2n) is 5.93. The zero-order valence-corrected chi connectivity index (χ0v) is 13.7. The normalized spacial score (nSPS) is 11.2. The van der Waals surface area contributed by atoms with Crippen molar-refractivity contribution in [2.75, 3.05) is 0 Å². The highest BCUT2D eigenvalue weighted by Crippen LogP contribution is 2.37. The predicted molar refractivity (Wildman–Crippen MR) is 91.0 cm³/mol. The van der Waals surface area contributed by atoms with Crippen LogP contribution in [0.5, 0.6) is 0 Å². The largest absolute Gasteiger partial charge is 0.392 e. The maximum absolute atomic E-state index is 11.5. The summed E-state index contributed by atoms with van der Waals surface area (Å²) in [7, 11) is 0. The number of aliphatic hydroxyl groups is 1. The molecule has 0 aliphatic rings. The molecule has 0 aliphatic heterocycles. The average molecular weight is 309 g/mol. The van der Waals surface area contributed by atoms with Gasteiger partial charge in [0.25, 0.3) is 0 Å². The molecule has 1 aromatic carbocycles. The first kappa shape index (κ1) is 15.4. The Hall–Kier alpha value is -2.53. The van der Waals surface area contributed by atoms with Crippen molar-refractivity contribution in [1.82, 2.24) is 9.38 Å². The number of fused-ring (bicyclic) bond motifs is 1. The first-order valence-electron chi connectivity index (χ1n) is 7.51. The molecule has 0 radical (unpaired) electrons. The van der Waals surface area contributed by atoms with Crippen LogP contribution in [0.2, 0.25) is 0 Å². The first-order valence-corrected chi connectivity index (χ1v) is 7.51. The Morgan fingerprint density at radius 3 is 2.35 bits per heavy atom. The minimum absolute atomic E-state index is 0.0939. The Morgan fingerprint density at radius 2 is 1.78 bits per heavy atom. The molecule has 1 N–H and O–H groups in total. The van der Waals surface area contributed by atoms with E-state index in [4.69, 9.17) is 0 Å². The van der Waals surface area contributed by atoms with Gasteiger partial charge in [-0.05, 0) is 66.8 Å². The predicted octanol–water partition coefficient (Wildman–Crippen LogP) is 4.13. The number of hydrogen-bond acceptors (Lipinski definition) is 4. The Bertz CT molecular complexity index is 900. The number of benzene rings is 1. The number of rotatable bonds is 3. The SMILES string of the molecule is Cc1cc(C)c(C)c(-c2nc3ccc(CO)cn3c2N=O)c1C. The molecule has 0 bridgehead atoms. The summed E-state index contributed by atoms with van der Waals surface area (Å²) >= 11 is 0. The number of nitrogens with zero attached hydrogens (tertiary/aromatic N) is 3. The van der Waals surface area contributed by atoms with Crippen LogP contribution in [0.4, 0.5) is 5.82 Å². The summed E-state index contributed by atoms with van der Waals surface area (Å²) in [4.78, 5) is 16.1. The fourth-order valence-corrected chi connectivity index (χ4v) is 3.00. The summed E-state index contributed by atoms with van der Waals surface area (Å²) in [5, 5.41) is 12.5. The number of aromatic nitrogens is 2. The minimum Gasteiger partial charge on any atom is -0.392 e. The van der Waals surface area contributed by atoms with E-state index in [2.05, 4.69) is 30.1 Å². The number of hydrogen-bond donors (Lipinski definition) is 1. The molecule has 0 spiro atoms. The summed E-state index contributed by atoms with van der Waals surface area (Å²) in [6.45, 7) is 8.09. The molecule has 0 amide bonds. The van der Waals surface area contributed by atoms with E-state index in [1.165, 1.54) is 0 Å². The van der Waals surface area contributed by atoms with E-state index in [-0.39, 0.29) is 12.4 Å². The Kier molecular flexibility index (Phi) is 3.74. The smallest absolute Gasteiger partial charge is 0.209 e. The van der Waals surface area contributed by atoms with Crippen molar-refractivity contribution in [1.29, 1.82) is 0 Å². The van der Waals surface area contributed by atoms with Gasteiger partial charge in [-0.3, -0.25) is 4.40 Å². The van der Waals surface area contributed by atoms with Crippen molar-refractivity contribution >= 4 is 11.5 Å². The third-order valence-corrected chi connectivity index (χ3v) is 4.53. The monoisotopic (exact) mass is 309 g/mol. The van der Waals surface area contributed by atoms with Gasteiger partial charge in [0.05, 0.1) is 6.61 Å². The molecule has 2 aromatic heterocycles. The number of aliphatic hydroxyl groups excluding tert-OH is 1. The third kappa shape index (κ3) is 2.33. The van der Waals surface area contributed by atoms with Crippen LogP contribution in [-0.2, 0) is 6.61 Å². The molecule has 0 fully saturated rings. The molecule has 23 heavy (non-hydrogen) atoms. The summed E-state index contributed by atoms with van der Waals surface area (Å²) in [5.74, 6) is 0.270. The summed E-state index contributed by atoms with van der Waals surface area (Å²) in [5.41, 5.74) is 7.43. The quantitative estimate of drug-likeness (QED) is 0.740. The van der Waals surface area contributed by atoms with Crippen LogP contribution in [0.15, 0.2) is 29.6 Å². The van der Waals surface area contributed by atoms with Gasteiger partial charge in [0.2, 0.25) is 5.82 Å². The maximum atomic E-state index is 11.5. The molecular weight excluding hydrogens is 290 g/mol. The Labute approximate surface area is 134 Å². The summed E-state index contributed by atoms with van der Waals surface area (Å²) in [6.07, 6.45) is 1.70. The van der Waals surface area contributed by atoms with Gasteiger partial charge in [0, 0.05) is 11.8 Å². The number of nitroso groups, excluding NO2 is 1. The third-order valence-electron chi connectivity index (χ3n) is 4.53. The minimum atomic E-state index is -0.0939. The average Bonchev–Trinajstić information content (AvgIpc) is 2.90. The van der Waals surface area contributed by atoms with Gasteiger partial charge in [0.15, 0.2) is 0 Å². The van der Waals surface area contributed by atoms with Crippen molar-refractivity contribution in [3.8, 4) is 11.3 Å². The van der Waals surface area contributed by atoms with Gasteiger partial charge < -0.3 is 5.11 Å². The Balaban J connectivity index is 2.40. The number of imidazole rings is 1. The maximum Gasteiger partial charge on any atom is 0.209 e. The second kappa shape index (κ2) is 5.59. The van der Waals surface area contributed by atoms with Crippen LogP contribution in [0.25, 0.3) is 16.9 Å². The zero-order chi connectivity index (χ0) is 16.7. The van der Waals surface area contributed by atoms with Gasteiger partial charge in [-0.2, -0.15) is 0 Å². The van der Waals surface area contributed by atoms with Crippen LogP contribution in [-0.4, -0.2) is 14.5 Å². The highest BCUT2D eigenvalue weighted by Gasteiger charge is 2.20. The standard InChI is InChI=1S/C18H19N3O2/c1-10-7-11(2)13(4)16(12(10)3)17-18(20-23)21-8-14(9-22)5-6-15(21)19-17/h5-8,22H,9H2,1-4H3. The Morgan fingerprint density at radius 1 is 1.13 bits per heavy atom. The van der Waals surface area contributed by atoms with Gasteiger partial charge >= 0.3 is 0 Å². The molecule has 0 unspecified atom stereocenters. The topological polar surface area (TPSA) is 67.0 Å². The fraction of sp³-hybridized carbons (Fsp3) is 0.278. The first-order chi connectivity index (χ1) is 11.0. The van der Waals surface area contributed by atoms with Crippen molar-refractivity contribution in [3.63, 3.8) is 0 Å². The highest BCUT2D eigenvalue weighted by molar-refractivity contribution is 5.80. The summed E-state index contributed by atoms with van der Waals surface area (Å²) in [6, 6.07) is 5.72.